The Labute approximate surface area is 186 Å². The Morgan fingerprint density at radius 3 is 2.13 bits per heavy atom. The maximum Gasteiger partial charge on any atom is 0.221 e. The molecule has 0 heterocycles. The van der Waals surface area contributed by atoms with Gasteiger partial charge in [-0.05, 0) is 41.0 Å². The third-order valence-electron chi connectivity index (χ3n) is 5.04. The minimum absolute atomic E-state index is 0.0571. The molecule has 1 amide bonds. The Kier molecular flexibility index (Phi) is 8.26. The van der Waals surface area contributed by atoms with E-state index in [1.165, 1.54) is 18.7 Å². The topological polar surface area (TPSA) is 89.8 Å². The summed E-state index contributed by atoms with van der Waals surface area (Å²) < 4.78 is 0. The molecule has 0 spiro atoms. The summed E-state index contributed by atoms with van der Waals surface area (Å²) >= 11 is 1.49. The van der Waals surface area contributed by atoms with Gasteiger partial charge in [0.05, 0.1) is 18.8 Å². The molecule has 3 unspecified atom stereocenters. The summed E-state index contributed by atoms with van der Waals surface area (Å²) in [5.41, 5.74) is 3.04. The fourth-order valence-corrected chi connectivity index (χ4v) is 4.34. The molecule has 0 aliphatic heterocycles. The summed E-state index contributed by atoms with van der Waals surface area (Å²) in [5.74, 6) is -0.236. The molecule has 3 atom stereocenters. The van der Waals surface area contributed by atoms with E-state index in [1.54, 1.807) is 24.3 Å². The quantitative estimate of drug-likeness (QED) is 0.378. The lowest BCUT2D eigenvalue weighted by Crippen LogP contribution is -2.27. The molecule has 0 aliphatic rings. The second kappa shape index (κ2) is 11.1. The highest BCUT2D eigenvalue weighted by Crippen LogP contribution is 2.36. The monoisotopic (exact) mass is 437 g/mol. The molecule has 0 bridgehead atoms. The molecule has 0 fully saturated rings. The van der Waals surface area contributed by atoms with Crippen molar-refractivity contribution in [2.24, 2.45) is 0 Å². The predicted molar refractivity (Wildman–Crippen MR) is 124 cm³/mol. The van der Waals surface area contributed by atoms with Crippen LogP contribution in [0.25, 0.3) is 0 Å². The Bertz CT molecular complexity index is 961. The molecular formula is C25H27NO4S. The lowest BCUT2D eigenvalue weighted by Gasteiger charge is -2.28. The number of hydrogen-bond acceptors (Lipinski definition) is 5. The van der Waals surface area contributed by atoms with E-state index < -0.39 is 18.1 Å². The molecule has 3 aromatic rings. The third-order valence-corrected chi connectivity index (χ3v) is 6.15. The van der Waals surface area contributed by atoms with Crippen LogP contribution in [0.1, 0.15) is 35.6 Å². The van der Waals surface area contributed by atoms with Gasteiger partial charge in [0, 0.05) is 29.2 Å². The average Bonchev–Trinajstić information content (AvgIpc) is 2.79. The zero-order chi connectivity index (χ0) is 22.2. The van der Waals surface area contributed by atoms with Crippen LogP contribution in [0.15, 0.2) is 83.8 Å². The van der Waals surface area contributed by atoms with Crippen molar-refractivity contribution in [2.45, 2.75) is 36.6 Å². The number of hydrogen-bond donors (Lipinski definition) is 4. The fraction of sp³-hybridized carbons (Fsp3) is 0.240. The van der Waals surface area contributed by atoms with Gasteiger partial charge in [-0.2, -0.15) is 0 Å². The molecule has 162 valence electrons. The van der Waals surface area contributed by atoms with E-state index in [-0.39, 0.29) is 12.5 Å². The van der Waals surface area contributed by atoms with E-state index in [0.29, 0.717) is 11.3 Å². The van der Waals surface area contributed by atoms with E-state index in [1.807, 2.05) is 54.6 Å². The number of amides is 1. The fourth-order valence-electron chi connectivity index (χ4n) is 3.44. The number of rotatable bonds is 9. The molecule has 0 aliphatic carbocycles. The van der Waals surface area contributed by atoms with E-state index >= 15 is 0 Å². The average molecular weight is 438 g/mol. The minimum Gasteiger partial charge on any atom is -0.392 e. The summed E-state index contributed by atoms with van der Waals surface area (Å²) in [4.78, 5) is 12.1. The second-order valence-corrected chi connectivity index (χ2v) is 8.46. The lowest BCUT2D eigenvalue weighted by atomic mass is 9.85. The van der Waals surface area contributed by atoms with Crippen LogP contribution in [0.2, 0.25) is 0 Å². The summed E-state index contributed by atoms with van der Waals surface area (Å²) in [6.45, 7) is 1.41. The number of benzene rings is 3. The molecule has 4 N–H and O–H groups in total. The van der Waals surface area contributed by atoms with E-state index in [2.05, 4.69) is 5.32 Å². The summed E-state index contributed by atoms with van der Waals surface area (Å²) in [5, 5.41) is 34.2. The standard InChI is InChI=1S/C25H27NO4S/c1-17(28)26-21-11-13-22(14-12-21)31-16-23(29)24(19-5-3-2-4-6-19)25(30)20-9-7-18(15-27)8-10-20/h2-14,23-25,27,29-30H,15-16H2,1H3,(H,26,28). The van der Waals surface area contributed by atoms with Gasteiger partial charge in [0.2, 0.25) is 5.91 Å². The highest BCUT2D eigenvalue weighted by atomic mass is 32.2. The highest BCUT2D eigenvalue weighted by Gasteiger charge is 2.29. The van der Waals surface area contributed by atoms with Gasteiger partial charge in [-0.15, -0.1) is 11.8 Å². The number of aliphatic hydroxyl groups is 3. The van der Waals surface area contributed by atoms with Crippen LogP contribution in [0.3, 0.4) is 0 Å². The smallest absolute Gasteiger partial charge is 0.221 e. The number of thioether (sulfide) groups is 1. The number of anilines is 1. The maximum atomic E-state index is 11.2. The second-order valence-electron chi connectivity index (χ2n) is 7.36. The minimum atomic E-state index is -0.895. The molecule has 3 rings (SSSR count). The van der Waals surface area contributed by atoms with Crippen LogP contribution in [0, 0.1) is 0 Å². The van der Waals surface area contributed by atoms with Gasteiger partial charge in [-0.1, -0.05) is 54.6 Å². The molecule has 0 aromatic heterocycles. The normalized spacial score (nSPS) is 13.9. The summed E-state index contributed by atoms with van der Waals surface area (Å²) in [6.07, 6.45) is -1.69. The Morgan fingerprint density at radius 2 is 1.55 bits per heavy atom. The molecule has 5 nitrogen and oxygen atoms in total. The van der Waals surface area contributed by atoms with Crippen molar-refractivity contribution < 1.29 is 20.1 Å². The van der Waals surface area contributed by atoms with Crippen LogP contribution in [-0.4, -0.2) is 33.1 Å². The van der Waals surface area contributed by atoms with E-state index in [0.717, 1.165) is 21.7 Å². The Balaban J connectivity index is 1.74. The number of carbonyl (C=O) groups excluding carboxylic acids is 1. The van der Waals surface area contributed by atoms with Gasteiger partial charge in [-0.3, -0.25) is 4.79 Å². The lowest BCUT2D eigenvalue weighted by molar-refractivity contribution is -0.114. The SMILES string of the molecule is CC(=O)Nc1ccc(SCC(O)C(c2ccccc2)C(O)c2ccc(CO)cc2)cc1. The number of aliphatic hydroxyl groups excluding tert-OH is 3. The van der Waals surface area contributed by atoms with Crippen LogP contribution in [0.4, 0.5) is 5.69 Å². The zero-order valence-corrected chi connectivity index (χ0v) is 18.1. The first kappa shape index (κ1) is 23.0. The van der Waals surface area contributed by atoms with Crippen molar-refractivity contribution in [3.63, 3.8) is 0 Å². The number of carbonyl (C=O) groups is 1. The first-order valence-corrected chi connectivity index (χ1v) is 11.1. The molecule has 6 heteroatoms. The van der Waals surface area contributed by atoms with Gasteiger partial charge >= 0.3 is 0 Å². The number of nitrogens with one attached hydrogen (secondary N) is 1. The van der Waals surface area contributed by atoms with Crippen LogP contribution >= 0.6 is 11.8 Å². The Hall–Kier alpha value is -2.64. The predicted octanol–water partition coefficient (Wildman–Crippen LogP) is 4.11. The first-order valence-electron chi connectivity index (χ1n) is 10.1. The van der Waals surface area contributed by atoms with Gasteiger partial charge in [-0.25, -0.2) is 0 Å². The summed E-state index contributed by atoms with van der Waals surface area (Å²) in [7, 11) is 0. The van der Waals surface area contributed by atoms with Crippen molar-refractivity contribution in [2.75, 3.05) is 11.1 Å². The largest absolute Gasteiger partial charge is 0.392 e. The van der Waals surface area contributed by atoms with Crippen molar-refractivity contribution in [1.29, 1.82) is 0 Å². The van der Waals surface area contributed by atoms with Gasteiger partial charge in [0.25, 0.3) is 0 Å². The third kappa shape index (κ3) is 6.42. The van der Waals surface area contributed by atoms with Crippen LogP contribution in [0.5, 0.6) is 0 Å². The zero-order valence-electron chi connectivity index (χ0n) is 17.3. The molecule has 0 radical (unpaired) electrons. The van der Waals surface area contributed by atoms with E-state index in [4.69, 9.17) is 0 Å². The molecule has 0 saturated carbocycles. The van der Waals surface area contributed by atoms with Crippen LogP contribution in [-0.2, 0) is 11.4 Å². The van der Waals surface area contributed by atoms with Crippen molar-refractivity contribution >= 4 is 23.4 Å². The van der Waals surface area contributed by atoms with Crippen molar-refractivity contribution in [3.05, 3.63) is 95.6 Å². The van der Waals surface area contributed by atoms with E-state index in [9.17, 15) is 20.1 Å². The highest BCUT2D eigenvalue weighted by molar-refractivity contribution is 7.99. The Morgan fingerprint density at radius 1 is 0.903 bits per heavy atom. The van der Waals surface area contributed by atoms with Crippen molar-refractivity contribution in [1.82, 2.24) is 0 Å². The first-order chi connectivity index (χ1) is 15.0. The van der Waals surface area contributed by atoms with Gasteiger partial charge in [0.1, 0.15) is 0 Å². The summed E-state index contributed by atoms with van der Waals surface area (Å²) in [6, 6.07) is 24.1. The molecule has 31 heavy (non-hydrogen) atoms. The maximum absolute atomic E-state index is 11.2. The van der Waals surface area contributed by atoms with Gasteiger partial charge < -0.3 is 20.6 Å². The molecular weight excluding hydrogens is 410 g/mol. The molecule has 0 saturated heterocycles. The molecule has 3 aromatic carbocycles. The van der Waals surface area contributed by atoms with Crippen molar-refractivity contribution in [3.8, 4) is 0 Å². The van der Waals surface area contributed by atoms with Gasteiger partial charge in [0.15, 0.2) is 0 Å². The van der Waals surface area contributed by atoms with Crippen LogP contribution < -0.4 is 5.32 Å².